The maximum atomic E-state index is 12.2. The van der Waals surface area contributed by atoms with Gasteiger partial charge < -0.3 is 19.1 Å². The Hall–Kier alpha value is -2.02. The van der Waals surface area contributed by atoms with Gasteiger partial charge in [-0.1, -0.05) is 0 Å². The van der Waals surface area contributed by atoms with Crippen LogP contribution < -0.4 is 4.90 Å². The molecular formula is C16H22ClN5O2. The van der Waals surface area contributed by atoms with E-state index in [0.29, 0.717) is 26.2 Å². The molecule has 1 amide bonds. The van der Waals surface area contributed by atoms with Gasteiger partial charge in [0.25, 0.3) is 0 Å². The number of halogens is 1. The van der Waals surface area contributed by atoms with Crippen LogP contribution in [0.2, 0.25) is 5.28 Å². The van der Waals surface area contributed by atoms with Crippen molar-refractivity contribution >= 4 is 34.5 Å². The normalized spacial score (nSPS) is 15.9. The number of aromatic nitrogens is 3. The number of carbonyl (C=O) groups excluding carboxylic acids is 1. The molecule has 0 bridgehead atoms. The van der Waals surface area contributed by atoms with Gasteiger partial charge in [-0.05, 0) is 38.4 Å². The van der Waals surface area contributed by atoms with E-state index in [1.165, 1.54) is 0 Å². The second-order valence-electron chi connectivity index (χ2n) is 6.93. The SMILES string of the molecule is Cn1ccc2nc(Cl)nc(N3CCN(C(=O)OC(C)(C)C)CC3)c21. The Balaban J connectivity index is 1.76. The minimum absolute atomic E-state index is 0.235. The van der Waals surface area contributed by atoms with Gasteiger partial charge >= 0.3 is 6.09 Å². The van der Waals surface area contributed by atoms with E-state index in [9.17, 15) is 4.79 Å². The number of hydrogen-bond donors (Lipinski definition) is 0. The van der Waals surface area contributed by atoms with Crippen LogP contribution in [0.4, 0.5) is 10.6 Å². The Bertz CT molecular complexity index is 760. The van der Waals surface area contributed by atoms with Gasteiger partial charge in [0.05, 0.1) is 5.52 Å². The van der Waals surface area contributed by atoms with Gasteiger partial charge in [-0.3, -0.25) is 0 Å². The van der Waals surface area contributed by atoms with Crippen LogP contribution in [0, 0.1) is 0 Å². The lowest BCUT2D eigenvalue weighted by atomic mass is 10.2. The van der Waals surface area contributed by atoms with Crippen molar-refractivity contribution in [1.82, 2.24) is 19.4 Å². The molecule has 0 unspecified atom stereocenters. The monoisotopic (exact) mass is 351 g/mol. The highest BCUT2D eigenvalue weighted by Crippen LogP contribution is 2.27. The van der Waals surface area contributed by atoms with Crippen LogP contribution >= 0.6 is 11.6 Å². The zero-order valence-electron chi connectivity index (χ0n) is 14.4. The summed E-state index contributed by atoms with van der Waals surface area (Å²) in [6.07, 6.45) is 1.67. The molecule has 0 N–H and O–H groups in total. The summed E-state index contributed by atoms with van der Waals surface area (Å²) in [7, 11) is 1.96. The first-order chi connectivity index (χ1) is 11.2. The molecule has 3 heterocycles. The van der Waals surface area contributed by atoms with E-state index >= 15 is 0 Å². The Labute approximate surface area is 146 Å². The molecule has 130 valence electrons. The van der Waals surface area contributed by atoms with Crippen molar-refractivity contribution in [2.45, 2.75) is 26.4 Å². The smallest absolute Gasteiger partial charge is 0.410 e. The molecule has 2 aromatic rings. The number of rotatable bonds is 1. The molecule has 1 aliphatic heterocycles. The molecule has 0 atom stereocenters. The Kier molecular flexibility index (Phi) is 4.29. The van der Waals surface area contributed by atoms with Gasteiger partial charge in [-0.25, -0.2) is 9.78 Å². The number of ether oxygens (including phenoxy) is 1. The van der Waals surface area contributed by atoms with Crippen LogP contribution in [0.25, 0.3) is 11.0 Å². The molecule has 24 heavy (non-hydrogen) atoms. The lowest BCUT2D eigenvalue weighted by Gasteiger charge is -2.36. The Morgan fingerprint density at radius 2 is 1.88 bits per heavy atom. The molecule has 0 aromatic carbocycles. The van der Waals surface area contributed by atoms with E-state index in [1.54, 1.807) is 4.90 Å². The highest BCUT2D eigenvalue weighted by Gasteiger charge is 2.27. The van der Waals surface area contributed by atoms with E-state index in [-0.39, 0.29) is 11.4 Å². The van der Waals surface area contributed by atoms with Gasteiger partial charge in [0.2, 0.25) is 5.28 Å². The van der Waals surface area contributed by atoms with Crippen molar-refractivity contribution in [2.24, 2.45) is 7.05 Å². The summed E-state index contributed by atoms with van der Waals surface area (Å²) in [4.78, 5) is 24.7. The van der Waals surface area contributed by atoms with Gasteiger partial charge in [0, 0.05) is 39.4 Å². The summed E-state index contributed by atoms with van der Waals surface area (Å²) in [5, 5.41) is 0.235. The maximum Gasteiger partial charge on any atom is 0.410 e. The highest BCUT2D eigenvalue weighted by atomic mass is 35.5. The number of hydrogen-bond acceptors (Lipinski definition) is 5. The van der Waals surface area contributed by atoms with Crippen molar-refractivity contribution in [3.63, 3.8) is 0 Å². The van der Waals surface area contributed by atoms with Gasteiger partial charge in [-0.2, -0.15) is 4.98 Å². The van der Waals surface area contributed by atoms with Crippen LogP contribution in [0.5, 0.6) is 0 Å². The number of amides is 1. The fraction of sp³-hybridized carbons (Fsp3) is 0.562. The van der Waals surface area contributed by atoms with Crippen LogP contribution in [0.15, 0.2) is 12.3 Å². The summed E-state index contributed by atoms with van der Waals surface area (Å²) >= 11 is 6.06. The number of carbonyl (C=O) groups is 1. The molecule has 0 saturated carbocycles. The van der Waals surface area contributed by atoms with E-state index in [1.807, 2.05) is 44.6 Å². The van der Waals surface area contributed by atoms with Crippen molar-refractivity contribution in [1.29, 1.82) is 0 Å². The molecule has 0 aliphatic carbocycles. The Morgan fingerprint density at radius 3 is 2.50 bits per heavy atom. The van der Waals surface area contributed by atoms with Gasteiger partial charge in [0.15, 0.2) is 5.82 Å². The molecule has 2 aromatic heterocycles. The number of piperazine rings is 1. The van der Waals surface area contributed by atoms with Crippen molar-refractivity contribution in [2.75, 3.05) is 31.1 Å². The van der Waals surface area contributed by atoms with E-state index in [2.05, 4.69) is 14.9 Å². The zero-order chi connectivity index (χ0) is 17.5. The van der Waals surface area contributed by atoms with E-state index in [0.717, 1.165) is 16.9 Å². The first kappa shape index (κ1) is 16.8. The first-order valence-electron chi connectivity index (χ1n) is 7.96. The summed E-state index contributed by atoms with van der Waals surface area (Å²) in [6.45, 7) is 8.13. The van der Waals surface area contributed by atoms with Crippen molar-refractivity contribution in [3.05, 3.63) is 17.5 Å². The van der Waals surface area contributed by atoms with Crippen LogP contribution in [-0.2, 0) is 11.8 Å². The van der Waals surface area contributed by atoms with Crippen LogP contribution in [0.1, 0.15) is 20.8 Å². The minimum Gasteiger partial charge on any atom is -0.444 e. The number of anilines is 1. The quantitative estimate of drug-likeness (QED) is 0.739. The summed E-state index contributed by atoms with van der Waals surface area (Å²) in [5.41, 5.74) is 1.29. The maximum absolute atomic E-state index is 12.2. The summed E-state index contributed by atoms with van der Waals surface area (Å²) < 4.78 is 7.42. The van der Waals surface area contributed by atoms with Crippen LogP contribution in [0.3, 0.4) is 0 Å². The van der Waals surface area contributed by atoms with Crippen LogP contribution in [-0.4, -0.2) is 57.3 Å². The predicted molar refractivity (Wildman–Crippen MR) is 93.5 cm³/mol. The lowest BCUT2D eigenvalue weighted by Crippen LogP contribution is -2.50. The third kappa shape index (κ3) is 3.40. The van der Waals surface area contributed by atoms with Gasteiger partial charge in [0.1, 0.15) is 11.1 Å². The molecule has 0 spiro atoms. The number of fused-ring (bicyclic) bond motifs is 1. The topological polar surface area (TPSA) is 63.5 Å². The average Bonchev–Trinajstić information content (AvgIpc) is 2.86. The van der Waals surface area contributed by atoms with Crippen molar-refractivity contribution in [3.8, 4) is 0 Å². The largest absolute Gasteiger partial charge is 0.444 e. The first-order valence-corrected chi connectivity index (χ1v) is 8.34. The standard InChI is InChI=1S/C16H22ClN5O2/c1-16(2,3)24-15(23)22-9-7-21(8-10-22)13-12-11(5-6-20(12)4)18-14(17)19-13/h5-6H,7-10H2,1-4H3. The molecule has 0 radical (unpaired) electrons. The minimum atomic E-state index is -0.483. The number of nitrogens with zero attached hydrogens (tertiary/aromatic N) is 5. The Morgan fingerprint density at radius 1 is 1.21 bits per heavy atom. The fourth-order valence-electron chi connectivity index (χ4n) is 2.79. The van der Waals surface area contributed by atoms with Gasteiger partial charge in [-0.15, -0.1) is 0 Å². The second kappa shape index (κ2) is 6.12. The number of aryl methyl sites for hydroxylation is 1. The molecule has 1 aliphatic rings. The zero-order valence-corrected chi connectivity index (χ0v) is 15.2. The van der Waals surface area contributed by atoms with E-state index < -0.39 is 5.60 Å². The third-order valence-corrected chi connectivity index (χ3v) is 4.07. The fourth-order valence-corrected chi connectivity index (χ4v) is 2.96. The second-order valence-corrected chi connectivity index (χ2v) is 7.27. The highest BCUT2D eigenvalue weighted by molar-refractivity contribution is 6.28. The molecule has 1 saturated heterocycles. The summed E-state index contributed by atoms with van der Waals surface area (Å²) in [5.74, 6) is 0.807. The molecule has 1 fully saturated rings. The average molecular weight is 352 g/mol. The molecule has 7 nitrogen and oxygen atoms in total. The lowest BCUT2D eigenvalue weighted by molar-refractivity contribution is 0.0240. The van der Waals surface area contributed by atoms with Crippen molar-refractivity contribution < 1.29 is 9.53 Å². The molecular weight excluding hydrogens is 330 g/mol. The molecule has 3 rings (SSSR count). The predicted octanol–water partition coefficient (Wildman–Crippen LogP) is 2.68. The molecule has 8 heteroatoms. The van der Waals surface area contributed by atoms with E-state index in [4.69, 9.17) is 16.3 Å². The third-order valence-electron chi connectivity index (χ3n) is 3.90. The summed E-state index contributed by atoms with van der Waals surface area (Å²) in [6, 6.07) is 1.92.